The number of hydrogen-bond donors (Lipinski definition) is 1. The van der Waals surface area contributed by atoms with Crippen LogP contribution in [0.3, 0.4) is 0 Å². The first-order chi connectivity index (χ1) is 18.4. The molecule has 2 aromatic carbocycles. The number of amides is 1. The molecule has 0 bridgehead atoms. The van der Waals surface area contributed by atoms with Crippen LogP contribution in [0.2, 0.25) is 0 Å². The van der Waals surface area contributed by atoms with Gasteiger partial charge in [-0.2, -0.15) is 0 Å². The van der Waals surface area contributed by atoms with Gasteiger partial charge in [-0.15, -0.1) is 0 Å². The number of ether oxygens (including phenoxy) is 2. The number of carbonyl (C=O) groups excluding carboxylic acids is 1. The summed E-state index contributed by atoms with van der Waals surface area (Å²) in [7, 11) is 3.27. The summed E-state index contributed by atoms with van der Waals surface area (Å²) in [5, 5.41) is 8.90. The number of hydrogen-bond acceptors (Lipinski definition) is 5. The molecule has 0 spiro atoms. The van der Waals surface area contributed by atoms with E-state index in [4.69, 9.17) is 19.0 Å². The largest absolute Gasteiger partial charge is 0.485 e. The van der Waals surface area contributed by atoms with Crippen molar-refractivity contribution < 1.29 is 28.6 Å². The Balaban J connectivity index is 1.60. The lowest BCUT2D eigenvalue weighted by molar-refractivity contribution is -0.137. The van der Waals surface area contributed by atoms with Crippen molar-refractivity contribution in [1.82, 2.24) is 4.90 Å². The molecule has 4 rings (SSSR count). The third-order valence-electron chi connectivity index (χ3n) is 7.21. The van der Waals surface area contributed by atoms with Gasteiger partial charge >= 0.3 is 5.97 Å². The maximum Gasteiger partial charge on any atom is 0.305 e. The van der Waals surface area contributed by atoms with Crippen molar-refractivity contribution in [3.8, 4) is 17.1 Å². The van der Waals surface area contributed by atoms with Crippen molar-refractivity contribution in [3.05, 3.63) is 77.0 Å². The molecular formula is C31H37NO6. The minimum atomic E-state index is -0.931. The van der Waals surface area contributed by atoms with Crippen LogP contribution in [0, 0.1) is 12.8 Å². The van der Waals surface area contributed by atoms with Gasteiger partial charge in [0.25, 0.3) is 5.91 Å². The van der Waals surface area contributed by atoms with Gasteiger partial charge in [0.2, 0.25) is 0 Å². The Morgan fingerprint density at radius 1 is 1.05 bits per heavy atom. The summed E-state index contributed by atoms with van der Waals surface area (Å²) < 4.78 is 18.5. The molecule has 1 aliphatic carbocycles. The number of rotatable bonds is 11. The van der Waals surface area contributed by atoms with E-state index in [9.17, 15) is 9.59 Å². The number of furan rings is 1. The van der Waals surface area contributed by atoms with E-state index in [0.29, 0.717) is 23.8 Å². The van der Waals surface area contributed by atoms with E-state index in [1.165, 1.54) is 29.7 Å². The second-order valence-electron chi connectivity index (χ2n) is 10.1. The van der Waals surface area contributed by atoms with Crippen LogP contribution in [-0.2, 0) is 16.1 Å². The molecule has 1 fully saturated rings. The Morgan fingerprint density at radius 3 is 2.37 bits per heavy atom. The Morgan fingerprint density at radius 2 is 1.74 bits per heavy atom. The van der Waals surface area contributed by atoms with Crippen LogP contribution in [-0.4, -0.2) is 42.6 Å². The molecule has 7 nitrogen and oxygen atoms in total. The average molecular weight is 520 g/mol. The molecule has 7 heteroatoms. The van der Waals surface area contributed by atoms with Gasteiger partial charge in [-0.3, -0.25) is 9.59 Å². The van der Waals surface area contributed by atoms with E-state index in [0.717, 1.165) is 35.5 Å². The molecule has 1 aromatic heterocycles. The molecule has 1 atom stereocenters. The number of carboxylic acids is 1. The highest BCUT2D eigenvalue weighted by Gasteiger charge is 2.31. The molecule has 38 heavy (non-hydrogen) atoms. The second-order valence-corrected chi connectivity index (χ2v) is 10.1. The first-order valence-corrected chi connectivity index (χ1v) is 13.3. The van der Waals surface area contributed by atoms with E-state index in [2.05, 4.69) is 37.3 Å². The molecule has 1 unspecified atom stereocenters. The predicted octanol–water partition coefficient (Wildman–Crippen LogP) is 6.65. The van der Waals surface area contributed by atoms with Crippen LogP contribution in [0.25, 0.3) is 11.3 Å². The minimum absolute atomic E-state index is 0.0917. The predicted molar refractivity (Wildman–Crippen MR) is 145 cm³/mol. The van der Waals surface area contributed by atoms with Crippen LogP contribution in [0.15, 0.2) is 59.0 Å². The SMILES string of the molecule is COCc1oc(-c2ccc(C)cc2)cc1C(Oc1ccc(C(=O)N(C)CCC(=O)O)cc1)C1CCCCC1. The quantitative estimate of drug-likeness (QED) is 0.305. The van der Waals surface area contributed by atoms with Gasteiger partial charge in [-0.25, -0.2) is 0 Å². The number of benzene rings is 2. The highest BCUT2D eigenvalue weighted by atomic mass is 16.5. The molecule has 3 aromatic rings. The smallest absolute Gasteiger partial charge is 0.305 e. The summed E-state index contributed by atoms with van der Waals surface area (Å²) >= 11 is 0. The molecular weight excluding hydrogens is 482 g/mol. The Labute approximate surface area is 224 Å². The topological polar surface area (TPSA) is 89.2 Å². The molecule has 1 N–H and O–H groups in total. The maximum absolute atomic E-state index is 12.7. The Bertz CT molecular complexity index is 1210. The van der Waals surface area contributed by atoms with E-state index in [1.807, 2.05) is 12.1 Å². The van der Waals surface area contributed by atoms with Gasteiger partial charge in [-0.1, -0.05) is 49.1 Å². The zero-order chi connectivity index (χ0) is 27.1. The third-order valence-corrected chi connectivity index (χ3v) is 7.21. The Kier molecular flexibility index (Phi) is 9.24. The molecule has 0 radical (unpaired) electrons. The molecule has 1 aliphatic rings. The normalized spacial score (nSPS) is 14.7. The van der Waals surface area contributed by atoms with E-state index < -0.39 is 5.97 Å². The number of aryl methyl sites for hydroxylation is 1. The standard InChI is InChI=1S/C31H37NO6/c1-21-9-11-22(12-10-21)27-19-26(28(38-27)20-36-3)30(23-7-5-4-6-8-23)37-25-15-13-24(14-16-25)31(35)32(2)18-17-29(33)34/h9-16,19,23,30H,4-8,17-18,20H2,1-3H3,(H,33,34). The Hall–Kier alpha value is -3.58. The van der Waals surface area contributed by atoms with Gasteiger partial charge < -0.3 is 23.9 Å². The van der Waals surface area contributed by atoms with E-state index in [1.54, 1.807) is 26.3 Å². The van der Waals surface area contributed by atoms with Crippen molar-refractivity contribution in [1.29, 1.82) is 0 Å². The van der Waals surface area contributed by atoms with Gasteiger partial charge in [0, 0.05) is 43.3 Å². The van der Waals surface area contributed by atoms with Gasteiger partial charge in [0.05, 0.1) is 6.42 Å². The van der Waals surface area contributed by atoms with Gasteiger partial charge in [0.15, 0.2) is 0 Å². The van der Waals surface area contributed by atoms with Crippen LogP contribution in [0.5, 0.6) is 5.75 Å². The molecule has 0 saturated heterocycles. The summed E-state index contributed by atoms with van der Waals surface area (Å²) in [6.45, 7) is 2.57. The number of carbonyl (C=O) groups is 2. The third kappa shape index (κ3) is 6.84. The summed E-state index contributed by atoms with van der Waals surface area (Å²) in [5.74, 6) is 1.42. The number of aliphatic carboxylic acids is 1. The fourth-order valence-electron chi connectivity index (χ4n) is 5.05. The molecule has 1 saturated carbocycles. The summed E-state index contributed by atoms with van der Waals surface area (Å²) in [6.07, 6.45) is 5.43. The van der Waals surface area contributed by atoms with E-state index in [-0.39, 0.29) is 25.0 Å². The second kappa shape index (κ2) is 12.8. The number of methoxy groups -OCH3 is 1. The lowest BCUT2D eigenvalue weighted by atomic mass is 9.82. The molecule has 0 aliphatic heterocycles. The van der Waals surface area contributed by atoms with Crippen LogP contribution in [0.1, 0.15) is 71.9 Å². The zero-order valence-electron chi connectivity index (χ0n) is 22.4. The van der Waals surface area contributed by atoms with Crippen LogP contribution in [0.4, 0.5) is 0 Å². The summed E-state index contributed by atoms with van der Waals surface area (Å²) in [6, 6.07) is 17.5. The number of carboxylic acid groups (broad SMARTS) is 1. The maximum atomic E-state index is 12.7. The lowest BCUT2D eigenvalue weighted by Crippen LogP contribution is -2.29. The van der Waals surface area contributed by atoms with Crippen molar-refractivity contribution in [2.75, 3.05) is 20.7 Å². The highest BCUT2D eigenvalue weighted by Crippen LogP contribution is 2.41. The van der Waals surface area contributed by atoms with E-state index >= 15 is 0 Å². The summed E-state index contributed by atoms with van der Waals surface area (Å²) in [4.78, 5) is 25.0. The zero-order valence-corrected chi connectivity index (χ0v) is 22.4. The fraction of sp³-hybridized carbons (Fsp3) is 0.419. The molecule has 1 amide bonds. The van der Waals surface area contributed by atoms with Crippen molar-refractivity contribution in [2.24, 2.45) is 5.92 Å². The van der Waals surface area contributed by atoms with Gasteiger partial charge in [0.1, 0.15) is 30.0 Å². The minimum Gasteiger partial charge on any atom is -0.485 e. The molecule has 202 valence electrons. The first kappa shape index (κ1) is 27.5. The van der Waals surface area contributed by atoms with Crippen LogP contribution < -0.4 is 4.74 Å². The summed E-state index contributed by atoms with van der Waals surface area (Å²) in [5.41, 5.74) is 3.69. The van der Waals surface area contributed by atoms with Crippen LogP contribution >= 0.6 is 0 Å². The monoisotopic (exact) mass is 519 g/mol. The highest BCUT2D eigenvalue weighted by molar-refractivity contribution is 5.94. The van der Waals surface area contributed by atoms with Crippen molar-refractivity contribution in [3.63, 3.8) is 0 Å². The molecule has 1 heterocycles. The number of nitrogens with zero attached hydrogens (tertiary/aromatic N) is 1. The fourth-order valence-corrected chi connectivity index (χ4v) is 5.05. The first-order valence-electron chi connectivity index (χ1n) is 13.3. The lowest BCUT2D eigenvalue weighted by Gasteiger charge is -2.31. The van der Waals surface area contributed by atoms with Gasteiger partial charge in [-0.05, 0) is 50.1 Å². The average Bonchev–Trinajstić information content (AvgIpc) is 3.34. The van der Waals surface area contributed by atoms with Crippen molar-refractivity contribution in [2.45, 2.75) is 58.2 Å². The van der Waals surface area contributed by atoms with Crippen molar-refractivity contribution >= 4 is 11.9 Å².